The van der Waals surface area contributed by atoms with Crippen LogP contribution in [0.5, 0.6) is 0 Å². The second-order valence-corrected chi connectivity index (χ2v) is 6.02. The summed E-state index contributed by atoms with van der Waals surface area (Å²) in [5.74, 6) is 0. The van der Waals surface area contributed by atoms with Gasteiger partial charge in [-0.3, -0.25) is 0 Å². The van der Waals surface area contributed by atoms with E-state index in [-0.39, 0.29) is 5.41 Å². The zero-order valence-electron chi connectivity index (χ0n) is 15.9. The average molecular weight is 311 g/mol. The minimum absolute atomic E-state index is 0.265. The van der Waals surface area contributed by atoms with E-state index in [9.17, 15) is 0 Å². The van der Waals surface area contributed by atoms with Crippen molar-refractivity contribution < 1.29 is 0 Å². The predicted molar refractivity (Wildman–Crippen MR) is 104 cm³/mol. The van der Waals surface area contributed by atoms with Crippen LogP contribution >= 0.6 is 0 Å². The van der Waals surface area contributed by atoms with Gasteiger partial charge in [0.2, 0.25) is 0 Å². The summed E-state index contributed by atoms with van der Waals surface area (Å²) in [5.41, 5.74) is 5.96. The maximum absolute atomic E-state index is 2.33. The summed E-state index contributed by atoms with van der Waals surface area (Å²) in [6, 6.07) is 18.3. The van der Waals surface area contributed by atoms with Gasteiger partial charge in [-0.15, -0.1) is 0 Å². The number of benzene rings is 2. The van der Waals surface area contributed by atoms with Gasteiger partial charge in [0, 0.05) is 5.41 Å². The molecule has 1 aliphatic carbocycles. The summed E-state index contributed by atoms with van der Waals surface area (Å²) < 4.78 is 0. The minimum Gasteiger partial charge on any atom is -0.0683 e. The van der Waals surface area contributed by atoms with Gasteiger partial charge in [0.25, 0.3) is 0 Å². The van der Waals surface area contributed by atoms with E-state index in [2.05, 4.69) is 62.4 Å². The Kier molecular flexibility index (Phi) is 8.09. The molecule has 0 bridgehead atoms. The van der Waals surface area contributed by atoms with Gasteiger partial charge < -0.3 is 0 Å². The Labute approximate surface area is 144 Å². The molecule has 0 amide bonds. The van der Waals surface area contributed by atoms with E-state index in [1.807, 2.05) is 27.7 Å². The van der Waals surface area contributed by atoms with E-state index in [0.29, 0.717) is 0 Å². The van der Waals surface area contributed by atoms with Crippen LogP contribution in [0.25, 0.3) is 0 Å². The van der Waals surface area contributed by atoms with Crippen LogP contribution in [0.2, 0.25) is 0 Å². The van der Waals surface area contributed by atoms with Crippen LogP contribution in [-0.2, 0) is 5.41 Å². The Morgan fingerprint density at radius 1 is 0.565 bits per heavy atom. The first kappa shape index (κ1) is 19.5. The molecule has 0 N–H and O–H groups in total. The first-order valence-corrected chi connectivity index (χ1v) is 9.35. The van der Waals surface area contributed by atoms with Crippen LogP contribution in [0.1, 0.15) is 75.6 Å². The number of rotatable bonds is 2. The Balaban J connectivity index is 0.000000615. The van der Waals surface area contributed by atoms with Gasteiger partial charge in [-0.1, -0.05) is 100 Å². The monoisotopic (exact) mass is 310 g/mol. The molecule has 0 aromatic heterocycles. The molecule has 1 fully saturated rings. The van der Waals surface area contributed by atoms with Crippen molar-refractivity contribution in [3.63, 3.8) is 0 Å². The molecule has 3 rings (SSSR count). The molecule has 0 radical (unpaired) electrons. The van der Waals surface area contributed by atoms with Gasteiger partial charge in [0.15, 0.2) is 0 Å². The standard InChI is InChI=1S/C19H22.2C2H6/c1-15-5-9-17(10-6-15)19(13-3-4-14-19)18-11-7-16(2)8-12-18;2*1-2/h5-12H,3-4,13-14H2,1-2H3;2*1-2H3. The van der Waals surface area contributed by atoms with Crippen LogP contribution in [0.15, 0.2) is 48.5 Å². The van der Waals surface area contributed by atoms with Crippen molar-refractivity contribution in [1.29, 1.82) is 0 Å². The van der Waals surface area contributed by atoms with E-state index >= 15 is 0 Å². The summed E-state index contributed by atoms with van der Waals surface area (Å²) in [4.78, 5) is 0. The Bertz CT molecular complexity index is 492. The van der Waals surface area contributed by atoms with Gasteiger partial charge in [-0.05, 0) is 37.8 Å². The fourth-order valence-corrected chi connectivity index (χ4v) is 3.47. The number of aryl methyl sites for hydroxylation is 2. The molecule has 0 nitrogen and oxygen atoms in total. The Hall–Kier alpha value is -1.56. The van der Waals surface area contributed by atoms with E-state index in [1.165, 1.54) is 47.9 Å². The third-order valence-corrected chi connectivity index (χ3v) is 4.67. The van der Waals surface area contributed by atoms with Crippen LogP contribution in [-0.4, -0.2) is 0 Å². The third-order valence-electron chi connectivity index (χ3n) is 4.67. The highest BCUT2D eigenvalue weighted by molar-refractivity contribution is 5.42. The van der Waals surface area contributed by atoms with Gasteiger partial charge in [-0.25, -0.2) is 0 Å². The van der Waals surface area contributed by atoms with E-state index in [4.69, 9.17) is 0 Å². The average Bonchev–Trinajstić information content (AvgIpc) is 3.11. The van der Waals surface area contributed by atoms with Crippen molar-refractivity contribution in [3.05, 3.63) is 70.8 Å². The van der Waals surface area contributed by atoms with Gasteiger partial charge in [0.1, 0.15) is 0 Å². The lowest BCUT2D eigenvalue weighted by atomic mass is 9.73. The molecule has 0 spiro atoms. The maximum atomic E-state index is 2.33. The van der Waals surface area contributed by atoms with Crippen molar-refractivity contribution in [2.75, 3.05) is 0 Å². The van der Waals surface area contributed by atoms with E-state index in [0.717, 1.165) is 0 Å². The lowest BCUT2D eigenvalue weighted by Crippen LogP contribution is -2.23. The van der Waals surface area contributed by atoms with Gasteiger partial charge in [-0.2, -0.15) is 0 Å². The van der Waals surface area contributed by atoms with Crippen LogP contribution < -0.4 is 0 Å². The quantitative estimate of drug-likeness (QED) is 0.549. The van der Waals surface area contributed by atoms with Crippen molar-refractivity contribution in [2.24, 2.45) is 0 Å². The van der Waals surface area contributed by atoms with Crippen molar-refractivity contribution >= 4 is 0 Å². The molecule has 0 heteroatoms. The normalized spacial score (nSPS) is 15.0. The number of hydrogen-bond acceptors (Lipinski definition) is 0. The molecular weight excluding hydrogens is 276 g/mol. The second kappa shape index (κ2) is 9.55. The fraction of sp³-hybridized carbons (Fsp3) is 0.478. The first-order chi connectivity index (χ1) is 11.2. The van der Waals surface area contributed by atoms with Crippen LogP contribution in [0, 0.1) is 13.8 Å². The molecule has 0 aliphatic heterocycles. The third kappa shape index (κ3) is 4.47. The molecular formula is C23H34. The molecule has 1 saturated carbocycles. The van der Waals surface area contributed by atoms with Gasteiger partial charge >= 0.3 is 0 Å². The van der Waals surface area contributed by atoms with Crippen LogP contribution in [0.3, 0.4) is 0 Å². The molecule has 2 aromatic carbocycles. The lowest BCUT2D eigenvalue weighted by Gasteiger charge is -2.30. The number of hydrogen-bond donors (Lipinski definition) is 0. The van der Waals surface area contributed by atoms with E-state index < -0.39 is 0 Å². The lowest BCUT2D eigenvalue weighted by molar-refractivity contribution is 0.535. The smallest absolute Gasteiger partial charge is 0.0202 e. The van der Waals surface area contributed by atoms with Crippen LogP contribution in [0.4, 0.5) is 0 Å². The maximum Gasteiger partial charge on any atom is 0.0202 e. The molecule has 1 aliphatic rings. The Morgan fingerprint density at radius 2 is 0.870 bits per heavy atom. The zero-order valence-corrected chi connectivity index (χ0v) is 15.9. The second-order valence-electron chi connectivity index (χ2n) is 6.02. The Morgan fingerprint density at radius 3 is 1.17 bits per heavy atom. The summed E-state index contributed by atoms with van der Waals surface area (Å²) in [6.07, 6.45) is 5.28. The highest BCUT2D eigenvalue weighted by atomic mass is 14.4. The topological polar surface area (TPSA) is 0 Å². The fourth-order valence-electron chi connectivity index (χ4n) is 3.47. The molecule has 2 aromatic rings. The molecule has 0 atom stereocenters. The minimum atomic E-state index is 0.265. The largest absolute Gasteiger partial charge is 0.0683 e. The molecule has 0 heterocycles. The zero-order chi connectivity index (χ0) is 17.3. The van der Waals surface area contributed by atoms with Crippen molar-refractivity contribution in [2.45, 2.75) is 72.6 Å². The van der Waals surface area contributed by atoms with E-state index in [1.54, 1.807) is 0 Å². The molecule has 0 unspecified atom stereocenters. The predicted octanol–water partition coefficient (Wildman–Crippen LogP) is 7.22. The summed E-state index contributed by atoms with van der Waals surface area (Å²) in [6.45, 7) is 12.3. The molecule has 23 heavy (non-hydrogen) atoms. The van der Waals surface area contributed by atoms with Crippen molar-refractivity contribution in [1.82, 2.24) is 0 Å². The SMILES string of the molecule is CC.CC.Cc1ccc(C2(c3ccc(C)cc3)CCCC2)cc1. The summed E-state index contributed by atoms with van der Waals surface area (Å²) in [7, 11) is 0. The molecule has 0 saturated heterocycles. The first-order valence-electron chi connectivity index (χ1n) is 9.35. The van der Waals surface area contributed by atoms with Crippen molar-refractivity contribution in [3.8, 4) is 0 Å². The van der Waals surface area contributed by atoms with Gasteiger partial charge in [0.05, 0.1) is 0 Å². The highest BCUT2D eigenvalue weighted by Crippen LogP contribution is 2.46. The highest BCUT2D eigenvalue weighted by Gasteiger charge is 2.36. The molecule has 126 valence electrons. The summed E-state index contributed by atoms with van der Waals surface area (Å²) in [5, 5.41) is 0. The summed E-state index contributed by atoms with van der Waals surface area (Å²) >= 11 is 0.